The molecule has 0 aliphatic carbocycles. The standard InChI is InChI=1S/C30H22FN5O4/c1-38-27-15-22-23(17-28(27)39-2)32-13-11-26(22)40-21-9-7-20(8-10-21)34-30(37)24-16-25(18-3-5-19(31)6-4-18)36-29(35-24)12-14-33-36/h3-17H,1-2H3,(H,34,37). The SMILES string of the molecule is COc1cc2nccc(Oc3ccc(NC(=O)c4cc(-c5ccc(F)cc5)n5nccc5n4)cc3)c2cc1OC. The summed E-state index contributed by atoms with van der Waals surface area (Å²) in [6, 6.07) is 21.6. The third-order valence-corrected chi connectivity index (χ3v) is 6.28. The second-order valence-corrected chi connectivity index (χ2v) is 8.75. The Labute approximate surface area is 227 Å². The molecule has 6 aromatic rings. The lowest BCUT2D eigenvalue weighted by Crippen LogP contribution is -2.15. The maximum absolute atomic E-state index is 13.5. The summed E-state index contributed by atoms with van der Waals surface area (Å²) >= 11 is 0. The molecule has 0 aliphatic rings. The van der Waals surface area contributed by atoms with Gasteiger partial charge in [0.05, 0.1) is 31.6 Å². The quantitative estimate of drug-likeness (QED) is 0.262. The van der Waals surface area contributed by atoms with Gasteiger partial charge in [-0.2, -0.15) is 5.10 Å². The minimum atomic E-state index is -0.401. The average molecular weight is 536 g/mol. The number of rotatable bonds is 7. The van der Waals surface area contributed by atoms with Crippen molar-refractivity contribution >= 4 is 28.1 Å². The lowest BCUT2D eigenvalue weighted by molar-refractivity contribution is 0.102. The fourth-order valence-electron chi connectivity index (χ4n) is 4.32. The minimum absolute atomic E-state index is 0.195. The van der Waals surface area contributed by atoms with Crippen LogP contribution < -0.4 is 19.5 Å². The number of methoxy groups -OCH3 is 2. The summed E-state index contributed by atoms with van der Waals surface area (Å²) in [7, 11) is 3.14. The maximum Gasteiger partial charge on any atom is 0.274 e. The number of aromatic nitrogens is 4. The Morgan fingerprint density at radius 2 is 1.60 bits per heavy atom. The number of hydrogen-bond acceptors (Lipinski definition) is 7. The molecule has 6 rings (SSSR count). The van der Waals surface area contributed by atoms with Crippen molar-refractivity contribution in [1.29, 1.82) is 0 Å². The fourth-order valence-corrected chi connectivity index (χ4v) is 4.32. The van der Waals surface area contributed by atoms with E-state index in [4.69, 9.17) is 14.2 Å². The van der Waals surface area contributed by atoms with Crippen LogP contribution in [0.5, 0.6) is 23.0 Å². The van der Waals surface area contributed by atoms with E-state index >= 15 is 0 Å². The van der Waals surface area contributed by atoms with E-state index in [1.165, 1.54) is 12.1 Å². The molecule has 0 unspecified atom stereocenters. The minimum Gasteiger partial charge on any atom is -0.493 e. The number of fused-ring (bicyclic) bond motifs is 2. The number of anilines is 1. The molecule has 10 heteroatoms. The Kier molecular flexibility index (Phi) is 6.41. The summed E-state index contributed by atoms with van der Waals surface area (Å²) in [5.74, 6) is 1.55. The number of ether oxygens (including phenoxy) is 3. The van der Waals surface area contributed by atoms with Gasteiger partial charge in [0.25, 0.3) is 5.91 Å². The number of hydrogen-bond donors (Lipinski definition) is 1. The van der Waals surface area contributed by atoms with Crippen molar-refractivity contribution in [1.82, 2.24) is 19.6 Å². The first-order valence-corrected chi connectivity index (χ1v) is 12.2. The Morgan fingerprint density at radius 3 is 2.35 bits per heavy atom. The number of carbonyl (C=O) groups is 1. The first kappa shape index (κ1) is 24.8. The lowest BCUT2D eigenvalue weighted by Gasteiger charge is -2.13. The van der Waals surface area contributed by atoms with Crippen LogP contribution in [0.25, 0.3) is 27.8 Å². The van der Waals surface area contributed by atoms with E-state index in [0.717, 1.165) is 5.39 Å². The number of halogens is 1. The van der Waals surface area contributed by atoms with Crippen molar-refractivity contribution in [2.75, 3.05) is 19.5 Å². The zero-order chi connectivity index (χ0) is 27.6. The molecule has 40 heavy (non-hydrogen) atoms. The molecule has 1 amide bonds. The van der Waals surface area contributed by atoms with Gasteiger partial charge in [-0.3, -0.25) is 9.78 Å². The van der Waals surface area contributed by atoms with E-state index in [0.29, 0.717) is 51.1 Å². The Bertz CT molecular complexity index is 1850. The smallest absolute Gasteiger partial charge is 0.274 e. The maximum atomic E-state index is 13.5. The molecule has 0 spiro atoms. The van der Waals surface area contributed by atoms with Gasteiger partial charge in [0, 0.05) is 35.0 Å². The normalized spacial score (nSPS) is 11.0. The van der Waals surface area contributed by atoms with Gasteiger partial charge in [-0.25, -0.2) is 13.9 Å². The third-order valence-electron chi connectivity index (χ3n) is 6.28. The van der Waals surface area contributed by atoms with Crippen LogP contribution in [0.2, 0.25) is 0 Å². The Morgan fingerprint density at radius 1 is 0.850 bits per heavy atom. The molecular weight excluding hydrogens is 513 g/mol. The highest BCUT2D eigenvalue weighted by molar-refractivity contribution is 6.03. The first-order valence-electron chi connectivity index (χ1n) is 12.2. The predicted molar refractivity (Wildman–Crippen MR) is 148 cm³/mol. The second-order valence-electron chi connectivity index (χ2n) is 8.75. The van der Waals surface area contributed by atoms with Crippen molar-refractivity contribution in [3.8, 4) is 34.3 Å². The van der Waals surface area contributed by atoms with Crippen LogP contribution in [-0.2, 0) is 0 Å². The van der Waals surface area contributed by atoms with Crippen molar-refractivity contribution < 1.29 is 23.4 Å². The molecule has 0 saturated carbocycles. The Hall–Kier alpha value is -5.51. The molecule has 9 nitrogen and oxygen atoms in total. The summed E-state index contributed by atoms with van der Waals surface area (Å²) in [6.07, 6.45) is 3.25. The second kappa shape index (κ2) is 10.3. The molecule has 0 fully saturated rings. The molecule has 0 bridgehead atoms. The monoisotopic (exact) mass is 535 g/mol. The molecule has 198 valence electrons. The van der Waals surface area contributed by atoms with Crippen molar-refractivity contribution in [3.63, 3.8) is 0 Å². The van der Waals surface area contributed by atoms with Crippen molar-refractivity contribution in [2.24, 2.45) is 0 Å². The molecular formula is C30H22FN5O4. The van der Waals surface area contributed by atoms with E-state index in [1.807, 2.05) is 6.07 Å². The summed E-state index contributed by atoms with van der Waals surface area (Å²) in [6.45, 7) is 0. The van der Waals surface area contributed by atoms with Gasteiger partial charge in [0.1, 0.15) is 23.0 Å². The van der Waals surface area contributed by atoms with Gasteiger partial charge in [-0.15, -0.1) is 0 Å². The summed E-state index contributed by atoms with van der Waals surface area (Å²) in [5, 5.41) is 7.91. The van der Waals surface area contributed by atoms with E-state index in [-0.39, 0.29) is 11.5 Å². The Balaban J connectivity index is 1.23. The molecule has 0 aliphatic heterocycles. The van der Waals surface area contributed by atoms with Crippen LogP contribution in [0, 0.1) is 5.82 Å². The van der Waals surface area contributed by atoms with Crippen molar-refractivity contribution in [3.05, 3.63) is 103 Å². The summed E-state index contributed by atoms with van der Waals surface area (Å²) in [4.78, 5) is 22.0. The number of nitrogens with one attached hydrogen (secondary N) is 1. The van der Waals surface area contributed by atoms with Gasteiger partial charge in [0.2, 0.25) is 0 Å². The highest BCUT2D eigenvalue weighted by Crippen LogP contribution is 2.37. The highest BCUT2D eigenvalue weighted by Gasteiger charge is 2.15. The van der Waals surface area contributed by atoms with Gasteiger partial charge in [-0.1, -0.05) is 0 Å². The molecule has 3 aromatic heterocycles. The number of amides is 1. The van der Waals surface area contributed by atoms with Crippen LogP contribution in [0.15, 0.2) is 91.3 Å². The molecule has 0 saturated heterocycles. The summed E-state index contributed by atoms with van der Waals surface area (Å²) in [5.41, 5.74) is 3.26. The van der Waals surface area contributed by atoms with Crippen LogP contribution in [0.3, 0.4) is 0 Å². The fraction of sp³-hybridized carbons (Fsp3) is 0.0667. The molecule has 0 radical (unpaired) electrons. The van der Waals surface area contributed by atoms with E-state index in [1.54, 1.807) is 91.8 Å². The molecule has 3 aromatic carbocycles. The van der Waals surface area contributed by atoms with Crippen LogP contribution in [0.4, 0.5) is 10.1 Å². The highest BCUT2D eigenvalue weighted by atomic mass is 19.1. The molecule has 1 N–H and O–H groups in total. The average Bonchev–Trinajstić information content (AvgIpc) is 3.46. The van der Waals surface area contributed by atoms with Gasteiger partial charge in [0.15, 0.2) is 17.1 Å². The predicted octanol–water partition coefficient (Wildman–Crippen LogP) is 6.15. The van der Waals surface area contributed by atoms with Crippen LogP contribution in [0.1, 0.15) is 10.5 Å². The van der Waals surface area contributed by atoms with E-state index in [2.05, 4.69) is 20.4 Å². The zero-order valence-corrected chi connectivity index (χ0v) is 21.5. The number of carbonyl (C=O) groups excluding carboxylic acids is 1. The largest absolute Gasteiger partial charge is 0.493 e. The van der Waals surface area contributed by atoms with Crippen LogP contribution >= 0.6 is 0 Å². The van der Waals surface area contributed by atoms with Crippen molar-refractivity contribution in [2.45, 2.75) is 0 Å². The van der Waals surface area contributed by atoms with Crippen LogP contribution in [-0.4, -0.2) is 39.7 Å². The zero-order valence-electron chi connectivity index (χ0n) is 21.5. The van der Waals surface area contributed by atoms with Gasteiger partial charge >= 0.3 is 0 Å². The number of benzene rings is 3. The molecule has 0 atom stereocenters. The number of nitrogens with zero attached hydrogens (tertiary/aromatic N) is 4. The third kappa shape index (κ3) is 4.73. The first-order chi connectivity index (χ1) is 19.5. The summed E-state index contributed by atoms with van der Waals surface area (Å²) < 4.78 is 32.0. The number of pyridine rings is 1. The molecule has 3 heterocycles. The van der Waals surface area contributed by atoms with E-state index in [9.17, 15) is 9.18 Å². The van der Waals surface area contributed by atoms with Gasteiger partial charge in [-0.05, 0) is 66.7 Å². The van der Waals surface area contributed by atoms with E-state index < -0.39 is 5.91 Å². The lowest BCUT2D eigenvalue weighted by atomic mass is 10.1. The van der Waals surface area contributed by atoms with Gasteiger partial charge < -0.3 is 19.5 Å². The topological polar surface area (TPSA) is 99.9 Å².